The van der Waals surface area contributed by atoms with Crippen molar-refractivity contribution in [2.24, 2.45) is 5.92 Å². The molecule has 116 valence electrons. The zero-order chi connectivity index (χ0) is 15.1. The van der Waals surface area contributed by atoms with Gasteiger partial charge in [0.25, 0.3) is 0 Å². The molecule has 1 heterocycles. The highest BCUT2D eigenvalue weighted by molar-refractivity contribution is 5.81. The Morgan fingerprint density at radius 1 is 1.24 bits per heavy atom. The second-order valence-corrected chi connectivity index (χ2v) is 5.25. The Kier molecular flexibility index (Phi) is 6.02. The standard InChI is InChI=1S/C16H24N2O3/c1-20-9-7-18(8-10-21-2)16(19)14-11-13-5-3-4-6-15(13)17-12-14/h3-6,14,17H,7-12H2,1-2H3. The average Bonchev–Trinajstić information content (AvgIpc) is 2.54. The lowest BCUT2D eigenvalue weighted by Crippen LogP contribution is -2.44. The summed E-state index contributed by atoms with van der Waals surface area (Å²) >= 11 is 0. The number of carbonyl (C=O) groups excluding carboxylic acids is 1. The second-order valence-electron chi connectivity index (χ2n) is 5.25. The quantitative estimate of drug-likeness (QED) is 0.825. The number of nitrogens with one attached hydrogen (secondary N) is 1. The van der Waals surface area contributed by atoms with E-state index < -0.39 is 0 Å². The summed E-state index contributed by atoms with van der Waals surface area (Å²) in [5.74, 6) is 0.153. The largest absolute Gasteiger partial charge is 0.384 e. The van der Waals surface area contributed by atoms with Crippen molar-refractivity contribution < 1.29 is 14.3 Å². The van der Waals surface area contributed by atoms with Gasteiger partial charge in [-0.15, -0.1) is 0 Å². The van der Waals surface area contributed by atoms with Gasteiger partial charge in [-0.2, -0.15) is 0 Å². The molecule has 1 aliphatic rings. The summed E-state index contributed by atoms with van der Waals surface area (Å²) in [6.45, 7) is 3.00. The lowest BCUT2D eigenvalue weighted by Gasteiger charge is -2.30. The van der Waals surface area contributed by atoms with E-state index in [-0.39, 0.29) is 11.8 Å². The zero-order valence-corrected chi connectivity index (χ0v) is 12.8. The molecular weight excluding hydrogens is 268 g/mol. The Hall–Kier alpha value is -1.59. The molecule has 1 unspecified atom stereocenters. The van der Waals surface area contributed by atoms with Crippen molar-refractivity contribution in [2.45, 2.75) is 6.42 Å². The van der Waals surface area contributed by atoms with Crippen LogP contribution in [0.4, 0.5) is 5.69 Å². The van der Waals surface area contributed by atoms with Gasteiger partial charge < -0.3 is 19.7 Å². The first kappa shape index (κ1) is 15.8. The van der Waals surface area contributed by atoms with Crippen LogP contribution in [0.5, 0.6) is 0 Å². The van der Waals surface area contributed by atoms with E-state index in [1.165, 1.54) is 5.56 Å². The van der Waals surface area contributed by atoms with E-state index in [0.717, 1.165) is 12.1 Å². The van der Waals surface area contributed by atoms with Gasteiger partial charge in [-0.25, -0.2) is 0 Å². The van der Waals surface area contributed by atoms with Crippen LogP contribution in [-0.2, 0) is 20.7 Å². The number of para-hydroxylation sites is 1. The van der Waals surface area contributed by atoms with E-state index in [1.54, 1.807) is 14.2 Å². The molecule has 1 N–H and O–H groups in total. The molecule has 1 aromatic rings. The first-order valence-corrected chi connectivity index (χ1v) is 7.34. The number of fused-ring (bicyclic) bond motifs is 1. The van der Waals surface area contributed by atoms with Crippen LogP contribution in [-0.4, -0.2) is 57.9 Å². The van der Waals surface area contributed by atoms with Crippen molar-refractivity contribution in [3.05, 3.63) is 29.8 Å². The zero-order valence-electron chi connectivity index (χ0n) is 12.8. The first-order valence-electron chi connectivity index (χ1n) is 7.34. The molecule has 1 atom stereocenters. The monoisotopic (exact) mass is 292 g/mol. The molecule has 0 spiro atoms. The maximum atomic E-state index is 12.7. The van der Waals surface area contributed by atoms with Gasteiger partial charge >= 0.3 is 0 Å². The second kappa shape index (κ2) is 8.00. The lowest BCUT2D eigenvalue weighted by molar-refractivity contribution is -0.136. The van der Waals surface area contributed by atoms with Gasteiger partial charge in [0.05, 0.1) is 19.1 Å². The molecule has 21 heavy (non-hydrogen) atoms. The van der Waals surface area contributed by atoms with Crippen LogP contribution in [0.3, 0.4) is 0 Å². The number of anilines is 1. The third kappa shape index (κ3) is 4.19. The molecular formula is C16H24N2O3. The number of benzene rings is 1. The van der Waals surface area contributed by atoms with Crippen LogP contribution in [0.1, 0.15) is 5.56 Å². The molecule has 0 aromatic heterocycles. The number of carbonyl (C=O) groups is 1. The van der Waals surface area contributed by atoms with Crippen molar-refractivity contribution in [3.8, 4) is 0 Å². The van der Waals surface area contributed by atoms with E-state index in [1.807, 2.05) is 17.0 Å². The molecule has 0 bridgehead atoms. The highest BCUT2D eigenvalue weighted by Gasteiger charge is 2.27. The van der Waals surface area contributed by atoms with Gasteiger partial charge in [0.15, 0.2) is 0 Å². The highest BCUT2D eigenvalue weighted by Crippen LogP contribution is 2.25. The maximum absolute atomic E-state index is 12.7. The molecule has 1 aliphatic heterocycles. The van der Waals surface area contributed by atoms with Crippen molar-refractivity contribution >= 4 is 11.6 Å². The Balaban J connectivity index is 2.00. The highest BCUT2D eigenvalue weighted by atomic mass is 16.5. The molecule has 0 radical (unpaired) electrons. The Labute approximate surface area is 126 Å². The average molecular weight is 292 g/mol. The third-order valence-corrected chi connectivity index (χ3v) is 3.81. The maximum Gasteiger partial charge on any atom is 0.227 e. The van der Waals surface area contributed by atoms with Crippen molar-refractivity contribution in [3.63, 3.8) is 0 Å². The Morgan fingerprint density at radius 3 is 2.57 bits per heavy atom. The third-order valence-electron chi connectivity index (χ3n) is 3.81. The molecule has 0 aliphatic carbocycles. The minimum absolute atomic E-state index is 0.0198. The molecule has 0 saturated carbocycles. The smallest absolute Gasteiger partial charge is 0.227 e. The number of nitrogens with zero attached hydrogens (tertiary/aromatic N) is 1. The SMILES string of the molecule is COCCN(CCOC)C(=O)C1CNc2ccccc2C1. The summed E-state index contributed by atoms with van der Waals surface area (Å²) in [5.41, 5.74) is 2.35. The van der Waals surface area contributed by atoms with Gasteiger partial charge in [-0.1, -0.05) is 18.2 Å². The van der Waals surface area contributed by atoms with E-state index in [9.17, 15) is 4.79 Å². The fourth-order valence-electron chi connectivity index (χ4n) is 2.61. The fraction of sp³-hybridized carbons (Fsp3) is 0.562. The van der Waals surface area contributed by atoms with Gasteiger partial charge in [0, 0.05) is 39.5 Å². The van der Waals surface area contributed by atoms with Gasteiger partial charge in [-0.05, 0) is 18.1 Å². The molecule has 0 fully saturated rings. The van der Waals surface area contributed by atoms with Crippen LogP contribution < -0.4 is 5.32 Å². The predicted molar refractivity (Wildman–Crippen MR) is 82.5 cm³/mol. The number of amides is 1. The molecule has 1 amide bonds. The summed E-state index contributed by atoms with van der Waals surface area (Å²) in [4.78, 5) is 14.5. The number of rotatable bonds is 7. The Bertz CT molecular complexity index is 457. The molecule has 2 rings (SSSR count). The van der Waals surface area contributed by atoms with Crippen molar-refractivity contribution in [1.29, 1.82) is 0 Å². The minimum Gasteiger partial charge on any atom is -0.384 e. The normalized spacial score (nSPS) is 17.0. The molecule has 0 saturated heterocycles. The summed E-state index contributed by atoms with van der Waals surface area (Å²) in [5, 5.41) is 3.35. The van der Waals surface area contributed by atoms with E-state index in [2.05, 4.69) is 17.4 Å². The summed E-state index contributed by atoms with van der Waals surface area (Å²) in [6.07, 6.45) is 0.790. The van der Waals surface area contributed by atoms with Gasteiger partial charge in [0.2, 0.25) is 5.91 Å². The number of ether oxygens (including phenoxy) is 2. The van der Waals surface area contributed by atoms with Crippen LogP contribution >= 0.6 is 0 Å². The van der Waals surface area contributed by atoms with Crippen molar-refractivity contribution in [2.75, 3.05) is 52.4 Å². The molecule has 5 nitrogen and oxygen atoms in total. The number of hydrogen-bond acceptors (Lipinski definition) is 4. The predicted octanol–water partition coefficient (Wildman–Crippen LogP) is 1.39. The fourth-order valence-corrected chi connectivity index (χ4v) is 2.61. The van der Waals surface area contributed by atoms with Crippen LogP contribution in [0.2, 0.25) is 0 Å². The summed E-state index contributed by atoms with van der Waals surface area (Å²) in [7, 11) is 3.30. The van der Waals surface area contributed by atoms with Gasteiger partial charge in [-0.3, -0.25) is 4.79 Å². The van der Waals surface area contributed by atoms with Gasteiger partial charge in [0.1, 0.15) is 0 Å². The van der Waals surface area contributed by atoms with Crippen LogP contribution in [0.25, 0.3) is 0 Å². The minimum atomic E-state index is -0.0198. The number of hydrogen-bond donors (Lipinski definition) is 1. The summed E-state index contributed by atoms with van der Waals surface area (Å²) < 4.78 is 10.2. The lowest BCUT2D eigenvalue weighted by atomic mass is 9.93. The van der Waals surface area contributed by atoms with E-state index >= 15 is 0 Å². The first-order chi connectivity index (χ1) is 10.3. The Morgan fingerprint density at radius 2 is 1.90 bits per heavy atom. The van der Waals surface area contributed by atoms with Crippen LogP contribution in [0.15, 0.2) is 24.3 Å². The summed E-state index contributed by atoms with van der Waals surface area (Å²) in [6, 6.07) is 8.17. The van der Waals surface area contributed by atoms with E-state index in [4.69, 9.17) is 9.47 Å². The molecule has 1 aromatic carbocycles. The van der Waals surface area contributed by atoms with Crippen LogP contribution in [0, 0.1) is 5.92 Å². The van der Waals surface area contributed by atoms with E-state index in [0.29, 0.717) is 32.8 Å². The topological polar surface area (TPSA) is 50.8 Å². The molecule has 5 heteroatoms. The van der Waals surface area contributed by atoms with Crippen molar-refractivity contribution in [1.82, 2.24) is 4.90 Å². The number of methoxy groups -OCH3 is 2.